The Morgan fingerprint density at radius 1 is 1.78 bits per heavy atom. The Bertz CT molecular complexity index is 147. The molecule has 2 heteroatoms. The van der Waals surface area contributed by atoms with Crippen molar-refractivity contribution in [3.05, 3.63) is 0 Å². The Balaban J connectivity index is 2.70. The molecule has 0 spiro atoms. The van der Waals surface area contributed by atoms with E-state index in [2.05, 4.69) is 6.07 Å². The minimum absolute atomic E-state index is 0.113. The molecule has 1 saturated carbocycles. The molecule has 1 aliphatic rings. The summed E-state index contributed by atoms with van der Waals surface area (Å²) in [6, 6.07) is 2.38. The average Bonchev–Trinajstić information content (AvgIpc) is 2.15. The maximum Gasteiger partial charge on any atom is 0.0703 e. The van der Waals surface area contributed by atoms with Crippen LogP contribution in [0.15, 0.2) is 0 Å². The van der Waals surface area contributed by atoms with E-state index in [1.807, 2.05) is 6.92 Å². The molecule has 0 radical (unpaired) electrons. The van der Waals surface area contributed by atoms with Crippen molar-refractivity contribution in [2.75, 3.05) is 0 Å². The van der Waals surface area contributed by atoms with Crippen LogP contribution in [0.5, 0.6) is 0 Å². The number of nitrogens with zero attached hydrogens (tertiary/aromatic N) is 1. The van der Waals surface area contributed by atoms with E-state index < -0.39 is 0 Å². The van der Waals surface area contributed by atoms with Gasteiger partial charge in [-0.15, -0.1) is 0 Å². The van der Waals surface area contributed by atoms with Crippen molar-refractivity contribution in [2.24, 2.45) is 11.1 Å². The number of nitrogens with two attached hydrogens (primary N) is 1. The summed E-state index contributed by atoms with van der Waals surface area (Å²) in [6.45, 7) is 1.95. The summed E-state index contributed by atoms with van der Waals surface area (Å²) in [4.78, 5) is 0. The zero-order valence-corrected chi connectivity index (χ0v) is 5.72. The highest BCUT2D eigenvalue weighted by molar-refractivity contribution is 5.05. The van der Waals surface area contributed by atoms with E-state index in [0.29, 0.717) is 0 Å². The first-order valence-electron chi connectivity index (χ1n) is 3.36. The Morgan fingerprint density at radius 3 is 2.67 bits per heavy atom. The van der Waals surface area contributed by atoms with Crippen LogP contribution in [-0.4, -0.2) is 6.04 Å². The predicted octanol–water partition coefficient (Wildman–Crippen LogP) is 1.03. The van der Waals surface area contributed by atoms with Crippen LogP contribution in [-0.2, 0) is 0 Å². The van der Waals surface area contributed by atoms with Crippen LogP contribution in [0.25, 0.3) is 0 Å². The molecule has 1 rings (SSSR count). The van der Waals surface area contributed by atoms with Crippen LogP contribution >= 0.6 is 0 Å². The molecule has 1 aliphatic carbocycles. The van der Waals surface area contributed by atoms with E-state index in [9.17, 15) is 0 Å². The van der Waals surface area contributed by atoms with Gasteiger partial charge in [0, 0.05) is 6.04 Å². The van der Waals surface area contributed by atoms with Crippen LogP contribution in [0.2, 0.25) is 0 Å². The molecule has 2 N–H and O–H groups in total. The first-order valence-corrected chi connectivity index (χ1v) is 3.36. The lowest BCUT2D eigenvalue weighted by atomic mass is 9.87. The smallest absolute Gasteiger partial charge is 0.0703 e. The van der Waals surface area contributed by atoms with Crippen molar-refractivity contribution in [3.8, 4) is 6.07 Å². The largest absolute Gasteiger partial charge is 0.326 e. The van der Waals surface area contributed by atoms with Gasteiger partial charge in [0.2, 0.25) is 0 Å². The van der Waals surface area contributed by atoms with Crippen molar-refractivity contribution in [3.63, 3.8) is 0 Å². The van der Waals surface area contributed by atoms with Gasteiger partial charge in [-0.05, 0) is 19.8 Å². The average molecular weight is 124 g/mol. The highest BCUT2D eigenvalue weighted by atomic mass is 14.7. The normalized spacial score (nSPS) is 42.6. The maximum absolute atomic E-state index is 8.67. The topological polar surface area (TPSA) is 49.8 Å². The summed E-state index contributed by atoms with van der Waals surface area (Å²) < 4.78 is 0. The first-order chi connectivity index (χ1) is 4.19. The predicted molar refractivity (Wildman–Crippen MR) is 35.5 cm³/mol. The third-order valence-electron chi connectivity index (χ3n) is 2.29. The van der Waals surface area contributed by atoms with Gasteiger partial charge in [0.1, 0.15) is 0 Å². The molecular formula is C7H12N2. The molecule has 0 aromatic rings. The van der Waals surface area contributed by atoms with Crippen LogP contribution in [0.4, 0.5) is 0 Å². The Hall–Kier alpha value is -0.550. The summed E-state index contributed by atoms with van der Waals surface area (Å²) in [6.07, 6.45) is 3.11. The van der Waals surface area contributed by atoms with E-state index in [4.69, 9.17) is 11.0 Å². The molecule has 2 nitrogen and oxygen atoms in total. The third kappa shape index (κ3) is 0.927. The lowest BCUT2D eigenvalue weighted by Crippen LogP contribution is -2.32. The fourth-order valence-corrected chi connectivity index (χ4v) is 1.33. The van der Waals surface area contributed by atoms with Gasteiger partial charge in [-0.2, -0.15) is 5.26 Å². The molecule has 2 unspecified atom stereocenters. The zero-order chi connectivity index (χ0) is 6.91. The van der Waals surface area contributed by atoms with Gasteiger partial charge in [-0.3, -0.25) is 0 Å². The fourth-order valence-electron chi connectivity index (χ4n) is 1.33. The summed E-state index contributed by atoms with van der Waals surface area (Å²) in [5, 5.41) is 8.67. The standard InChI is InChI=1S/C7H12N2/c1-7(5-8)4-2-3-6(7)9/h6H,2-4,9H2,1H3. The van der Waals surface area contributed by atoms with Gasteiger partial charge in [0.05, 0.1) is 11.5 Å². The molecule has 1 fully saturated rings. The molecule has 9 heavy (non-hydrogen) atoms. The second-order valence-electron chi connectivity index (χ2n) is 3.03. The van der Waals surface area contributed by atoms with Crippen molar-refractivity contribution in [1.82, 2.24) is 0 Å². The Kier molecular flexibility index (Phi) is 1.46. The van der Waals surface area contributed by atoms with Gasteiger partial charge in [-0.25, -0.2) is 0 Å². The second kappa shape index (κ2) is 2.00. The number of nitriles is 1. The van der Waals surface area contributed by atoms with E-state index in [1.54, 1.807) is 0 Å². The van der Waals surface area contributed by atoms with Crippen molar-refractivity contribution < 1.29 is 0 Å². The number of rotatable bonds is 0. The molecule has 0 aliphatic heterocycles. The van der Waals surface area contributed by atoms with Gasteiger partial charge in [-0.1, -0.05) is 6.42 Å². The van der Waals surface area contributed by atoms with Crippen LogP contribution in [0.3, 0.4) is 0 Å². The van der Waals surface area contributed by atoms with Gasteiger partial charge >= 0.3 is 0 Å². The van der Waals surface area contributed by atoms with E-state index in [0.717, 1.165) is 19.3 Å². The van der Waals surface area contributed by atoms with E-state index >= 15 is 0 Å². The second-order valence-corrected chi connectivity index (χ2v) is 3.03. The monoisotopic (exact) mass is 124 g/mol. The highest BCUT2D eigenvalue weighted by Crippen LogP contribution is 2.35. The molecule has 0 aromatic heterocycles. The quantitative estimate of drug-likeness (QED) is 0.524. The van der Waals surface area contributed by atoms with Gasteiger partial charge in [0.15, 0.2) is 0 Å². The lowest BCUT2D eigenvalue weighted by molar-refractivity contribution is 0.402. The molecule has 2 atom stereocenters. The van der Waals surface area contributed by atoms with E-state index in [-0.39, 0.29) is 11.5 Å². The third-order valence-corrected chi connectivity index (χ3v) is 2.29. The SMILES string of the molecule is CC1(C#N)CCCC1N. The maximum atomic E-state index is 8.67. The summed E-state index contributed by atoms with van der Waals surface area (Å²) in [7, 11) is 0. The molecule has 0 bridgehead atoms. The Labute approximate surface area is 55.7 Å². The lowest BCUT2D eigenvalue weighted by Gasteiger charge is -2.18. The fraction of sp³-hybridized carbons (Fsp3) is 0.857. The molecule has 0 heterocycles. The molecule has 50 valence electrons. The highest BCUT2D eigenvalue weighted by Gasteiger charge is 2.36. The number of hydrogen-bond donors (Lipinski definition) is 1. The van der Waals surface area contributed by atoms with Crippen molar-refractivity contribution >= 4 is 0 Å². The molecular weight excluding hydrogens is 112 g/mol. The zero-order valence-electron chi connectivity index (χ0n) is 5.72. The molecule has 0 aromatic carbocycles. The van der Waals surface area contributed by atoms with Crippen molar-refractivity contribution in [2.45, 2.75) is 32.2 Å². The van der Waals surface area contributed by atoms with Crippen LogP contribution < -0.4 is 5.73 Å². The minimum atomic E-state index is -0.222. The Morgan fingerprint density at radius 2 is 2.44 bits per heavy atom. The number of hydrogen-bond acceptors (Lipinski definition) is 2. The molecule has 0 amide bonds. The summed E-state index contributed by atoms with van der Waals surface area (Å²) in [5.74, 6) is 0. The van der Waals surface area contributed by atoms with Gasteiger partial charge < -0.3 is 5.73 Å². The van der Waals surface area contributed by atoms with E-state index in [1.165, 1.54) is 0 Å². The minimum Gasteiger partial charge on any atom is -0.326 e. The van der Waals surface area contributed by atoms with Crippen LogP contribution in [0.1, 0.15) is 26.2 Å². The van der Waals surface area contributed by atoms with Crippen molar-refractivity contribution in [1.29, 1.82) is 5.26 Å². The summed E-state index contributed by atoms with van der Waals surface area (Å²) in [5.41, 5.74) is 5.48. The van der Waals surface area contributed by atoms with Gasteiger partial charge in [0.25, 0.3) is 0 Å². The first kappa shape index (κ1) is 6.57. The summed E-state index contributed by atoms with van der Waals surface area (Å²) >= 11 is 0. The molecule has 0 saturated heterocycles. The van der Waals surface area contributed by atoms with Crippen LogP contribution in [0, 0.1) is 16.7 Å².